The van der Waals surface area contributed by atoms with E-state index in [2.05, 4.69) is 23.2 Å². The van der Waals surface area contributed by atoms with Crippen LogP contribution in [0.4, 0.5) is 0 Å². The van der Waals surface area contributed by atoms with Crippen molar-refractivity contribution in [3.63, 3.8) is 0 Å². The summed E-state index contributed by atoms with van der Waals surface area (Å²) in [4.78, 5) is 16.4. The Kier molecular flexibility index (Phi) is 7.22. The molecule has 2 aromatic rings. The number of amides is 1. The van der Waals surface area contributed by atoms with E-state index in [4.69, 9.17) is 9.94 Å². The van der Waals surface area contributed by atoms with E-state index < -0.39 is 20.7 Å². The zero-order valence-corrected chi connectivity index (χ0v) is 19.8. The highest BCUT2D eigenvalue weighted by atomic mass is 32.2. The molecule has 1 amide bonds. The molecule has 0 saturated carbocycles. The van der Waals surface area contributed by atoms with Crippen molar-refractivity contribution in [3.05, 3.63) is 47.5 Å². The maximum absolute atomic E-state index is 12.9. The van der Waals surface area contributed by atoms with Crippen LogP contribution in [-0.4, -0.2) is 53.3 Å². The van der Waals surface area contributed by atoms with Gasteiger partial charge in [-0.1, -0.05) is 24.3 Å². The van der Waals surface area contributed by atoms with Gasteiger partial charge in [-0.3, -0.25) is 10.0 Å². The Hall–Kier alpha value is -2.49. The smallest absolute Gasteiger partial charge is 0.265 e. The third-order valence-electron chi connectivity index (χ3n) is 6.10. The highest BCUT2D eigenvalue weighted by molar-refractivity contribution is 7.91. The lowest BCUT2D eigenvalue weighted by molar-refractivity contribution is -0.131. The second-order valence-corrected chi connectivity index (χ2v) is 11.0. The van der Waals surface area contributed by atoms with Crippen LogP contribution in [0.25, 0.3) is 11.3 Å². The second kappa shape index (κ2) is 9.56. The van der Waals surface area contributed by atoms with E-state index in [1.165, 1.54) is 23.6 Å². The molecule has 1 aliphatic heterocycles. The van der Waals surface area contributed by atoms with Crippen LogP contribution in [0.15, 0.2) is 36.4 Å². The van der Waals surface area contributed by atoms with Crippen molar-refractivity contribution in [3.8, 4) is 17.1 Å². The van der Waals surface area contributed by atoms with Crippen LogP contribution in [0.5, 0.6) is 5.88 Å². The molecule has 0 atom stereocenters. The van der Waals surface area contributed by atoms with Gasteiger partial charge in [0.05, 0.1) is 12.3 Å². The number of rotatable bonds is 7. The van der Waals surface area contributed by atoms with Crippen LogP contribution in [0.1, 0.15) is 50.7 Å². The number of aryl methyl sites for hydroxylation is 1. The van der Waals surface area contributed by atoms with Crippen LogP contribution in [0.2, 0.25) is 0 Å². The Morgan fingerprint density at radius 2 is 1.94 bits per heavy atom. The second-order valence-electron chi connectivity index (χ2n) is 8.50. The molecule has 2 heterocycles. The summed E-state index contributed by atoms with van der Waals surface area (Å²) in [5.74, 6) is -0.112. The molecule has 0 unspecified atom stereocenters. The van der Waals surface area contributed by atoms with Gasteiger partial charge in [-0.15, -0.1) is 0 Å². The van der Waals surface area contributed by atoms with Gasteiger partial charge in [0.15, 0.2) is 4.75 Å². The van der Waals surface area contributed by atoms with Gasteiger partial charge in [0, 0.05) is 24.7 Å². The number of hydroxylamine groups is 1. The van der Waals surface area contributed by atoms with Crippen molar-refractivity contribution in [2.24, 2.45) is 0 Å². The number of ether oxygens (including phenoxy) is 1. The van der Waals surface area contributed by atoms with Crippen LogP contribution in [0.3, 0.4) is 0 Å². The first-order valence-electron chi connectivity index (χ1n) is 10.8. The first-order chi connectivity index (χ1) is 15.1. The van der Waals surface area contributed by atoms with E-state index in [1.807, 2.05) is 32.0 Å². The number of carbonyl (C=O) groups excluding carboxylic acids is 1. The van der Waals surface area contributed by atoms with Crippen molar-refractivity contribution in [2.45, 2.75) is 51.2 Å². The molecule has 2 N–H and O–H groups in total. The summed E-state index contributed by atoms with van der Waals surface area (Å²) in [7, 11) is -3.90. The minimum atomic E-state index is -3.90. The summed E-state index contributed by atoms with van der Waals surface area (Å²) < 4.78 is 31.0. The lowest BCUT2D eigenvalue weighted by Crippen LogP contribution is -2.54. The van der Waals surface area contributed by atoms with E-state index in [0.717, 1.165) is 22.4 Å². The zero-order chi connectivity index (χ0) is 23.5. The summed E-state index contributed by atoms with van der Waals surface area (Å²) in [6.45, 7) is 7.79. The average molecular weight is 462 g/mol. The molecule has 1 fully saturated rings. The third-order valence-corrected chi connectivity index (χ3v) is 8.62. The molecule has 1 aromatic carbocycles. The van der Waals surface area contributed by atoms with Crippen molar-refractivity contribution in [2.75, 3.05) is 19.7 Å². The molecule has 1 aliphatic rings. The molecule has 1 saturated heterocycles. The lowest BCUT2D eigenvalue weighted by Gasteiger charge is -2.36. The Labute approximate surface area is 189 Å². The van der Waals surface area contributed by atoms with E-state index >= 15 is 0 Å². The van der Waals surface area contributed by atoms with Gasteiger partial charge in [0.2, 0.25) is 15.9 Å². The predicted molar refractivity (Wildman–Crippen MR) is 122 cm³/mol. The Bertz CT molecular complexity index is 1080. The van der Waals surface area contributed by atoms with Crippen LogP contribution in [-0.2, 0) is 14.8 Å². The Balaban J connectivity index is 1.73. The summed E-state index contributed by atoms with van der Waals surface area (Å²) in [6.07, 6.45) is 1.32. The summed E-state index contributed by atoms with van der Waals surface area (Å²) in [5, 5.41) is 8.90. The van der Waals surface area contributed by atoms with Crippen molar-refractivity contribution < 1.29 is 23.2 Å². The molecule has 32 heavy (non-hydrogen) atoms. The van der Waals surface area contributed by atoms with E-state index in [-0.39, 0.29) is 5.92 Å². The minimum Gasteiger partial charge on any atom is -0.478 e. The lowest BCUT2D eigenvalue weighted by atomic mass is 9.88. The highest BCUT2D eigenvalue weighted by Gasteiger charge is 2.46. The van der Waals surface area contributed by atoms with Crippen LogP contribution >= 0.6 is 0 Å². The molecule has 9 heteroatoms. The standard InChI is InChI=1S/C23H31N3O5S/c1-5-31-21-8-6-7-20(24-21)19-10-9-18(15-16(19)2)17-11-13-26(14-12-17)32(29,30)23(3,4)22(27)25-28/h6-10,15,17,28H,5,11-14H2,1-4H3,(H,25,27). The highest BCUT2D eigenvalue weighted by Crippen LogP contribution is 2.34. The van der Waals surface area contributed by atoms with Gasteiger partial charge in [0.1, 0.15) is 0 Å². The number of aromatic nitrogens is 1. The molecule has 3 rings (SSSR count). The monoisotopic (exact) mass is 461 g/mol. The Morgan fingerprint density at radius 1 is 1.25 bits per heavy atom. The molecule has 0 bridgehead atoms. The number of hydrogen-bond donors (Lipinski definition) is 2. The number of nitrogens with zero attached hydrogens (tertiary/aromatic N) is 2. The number of hydrogen-bond acceptors (Lipinski definition) is 6. The van der Waals surface area contributed by atoms with Crippen molar-refractivity contribution in [1.29, 1.82) is 0 Å². The van der Waals surface area contributed by atoms with Gasteiger partial charge < -0.3 is 4.74 Å². The quantitative estimate of drug-likeness (QED) is 0.484. The number of pyridine rings is 1. The minimum absolute atomic E-state index is 0.228. The molecule has 174 valence electrons. The van der Waals surface area contributed by atoms with Gasteiger partial charge >= 0.3 is 0 Å². The number of carbonyl (C=O) groups is 1. The van der Waals surface area contributed by atoms with Crippen LogP contribution < -0.4 is 10.2 Å². The predicted octanol–water partition coefficient (Wildman–Crippen LogP) is 3.25. The van der Waals surface area contributed by atoms with E-state index in [9.17, 15) is 13.2 Å². The number of piperidine rings is 1. The van der Waals surface area contributed by atoms with Crippen molar-refractivity contribution >= 4 is 15.9 Å². The normalized spacial score (nSPS) is 16.0. The fraction of sp³-hybridized carbons (Fsp3) is 0.478. The molecule has 8 nitrogen and oxygen atoms in total. The summed E-state index contributed by atoms with van der Waals surface area (Å²) in [6, 6.07) is 12.0. The van der Waals surface area contributed by atoms with Gasteiger partial charge in [-0.05, 0) is 63.6 Å². The van der Waals surface area contributed by atoms with Gasteiger partial charge in [0.25, 0.3) is 5.91 Å². The maximum atomic E-state index is 12.9. The number of nitrogens with one attached hydrogen (secondary N) is 1. The molecular formula is C23H31N3O5S. The van der Waals surface area contributed by atoms with E-state index in [0.29, 0.717) is 38.4 Å². The largest absolute Gasteiger partial charge is 0.478 e. The molecule has 1 aromatic heterocycles. The fourth-order valence-corrected chi connectivity index (χ4v) is 5.64. The topological polar surface area (TPSA) is 109 Å². The van der Waals surface area contributed by atoms with Gasteiger partial charge in [-0.25, -0.2) is 23.2 Å². The maximum Gasteiger partial charge on any atom is 0.265 e. The van der Waals surface area contributed by atoms with Gasteiger partial charge in [-0.2, -0.15) is 0 Å². The summed E-state index contributed by atoms with van der Waals surface area (Å²) >= 11 is 0. The van der Waals surface area contributed by atoms with E-state index in [1.54, 1.807) is 0 Å². The molecule has 0 aliphatic carbocycles. The Morgan fingerprint density at radius 3 is 2.53 bits per heavy atom. The SMILES string of the molecule is CCOc1cccc(-c2ccc(C3CCN(S(=O)(=O)C(C)(C)C(=O)NO)CC3)cc2C)n1. The van der Waals surface area contributed by atoms with Crippen LogP contribution in [0, 0.1) is 6.92 Å². The first kappa shape index (κ1) is 24.2. The first-order valence-corrected chi connectivity index (χ1v) is 12.2. The van der Waals surface area contributed by atoms with Crippen molar-refractivity contribution in [1.82, 2.24) is 14.8 Å². The number of benzene rings is 1. The number of sulfonamides is 1. The molecule has 0 radical (unpaired) electrons. The molecule has 0 spiro atoms. The fourth-order valence-electron chi connectivity index (χ4n) is 4.03. The zero-order valence-electron chi connectivity index (χ0n) is 19.0. The summed E-state index contributed by atoms with van der Waals surface area (Å²) in [5.41, 5.74) is 5.61. The third kappa shape index (κ3) is 4.65. The average Bonchev–Trinajstić information content (AvgIpc) is 2.78. The molecular weight excluding hydrogens is 430 g/mol.